The average Bonchev–Trinajstić information content (AvgIpc) is 2.76. The van der Waals surface area contributed by atoms with E-state index in [2.05, 4.69) is 10.6 Å². The SMILES string of the molecule is CC(C)C(C)(NC(=O)c1ccc(OCc2ccccc2)cc1)C(=O)NC(C=N)C(N)=O. The van der Waals surface area contributed by atoms with Gasteiger partial charge in [-0.05, 0) is 42.7 Å². The topological polar surface area (TPSA) is 134 Å². The molecule has 2 aromatic carbocycles. The van der Waals surface area contributed by atoms with Gasteiger partial charge in [0.05, 0.1) is 0 Å². The van der Waals surface area contributed by atoms with E-state index >= 15 is 0 Å². The summed E-state index contributed by atoms with van der Waals surface area (Å²) >= 11 is 0. The van der Waals surface area contributed by atoms with Gasteiger partial charge in [0.25, 0.3) is 5.91 Å². The van der Waals surface area contributed by atoms with E-state index in [4.69, 9.17) is 15.9 Å². The van der Waals surface area contributed by atoms with Crippen molar-refractivity contribution >= 4 is 23.9 Å². The van der Waals surface area contributed by atoms with Crippen molar-refractivity contribution in [3.05, 3.63) is 65.7 Å². The number of rotatable bonds is 10. The van der Waals surface area contributed by atoms with E-state index in [9.17, 15) is 14.4 Å². The maximum Gasteiger partial charge on any atom is 0.252 e. The fourth-order valence-corrected chi connectivity index (χ4v) is 2.70. The molecule has 0 aliphatic rings. The Kier molecular flexibility index (Phi) is 7.90. The molecule has 2 unspecified atom stereocenters. The van der Waals surface area contributed by atoms with Crippen LogP contribution in [0.4, 0.5) is 0 Å². The summed E-state index contributed by atoms with van der Waals surface area (Å²) in [5.41, 5.74) is 5.24. The first-order chi connectivity index (χ1) is 14.7. The summed E-state index contributed by atoms with van der Waals surface area (Å²) < 4.78 is 5.72. The number of hydrogen-bond acceptors (Lipinski definition) is 5. The Morgan fingerprint density at radius 3 is 2.23 bits per heavy atom. The van der Waals surface area contributed by atoms with Crippen LogP contribution >= 0.6 is 0 Å². The summed E-state index contributed by atoms with van der Waals surface area (Å²) in [7, 11) is 0. The summed E-state index contributed by atoms with van der Waals surface area (Å²) in [6.45, 7) is 5.50. The van der Waals surface area contributed by atoms with Crippen LogP contribution in [0.1, 0.15) is 36.7 Å². The zero-order valence-corrected chi connectivity index (χ0v) is 17.8. The number of primary amides is 1. The Hall–Kier alpha value is -3.68. The van der Waals surface area contributed by atoms with Gasteiger partial charge in [0, 0.05) is 11.8 Å². The van der Waals surface area contributed by atoms with E-state index in [0.29, 0.717) is 17.9 Å². The van der Waals surface area contributed by atoms with Crippen molar-refractivity contribution in [2.75, 3.05) is 0 Å². The van der Waals surface area contributed by atoms with Gasteiger partial charge in [-0.25, -0.2) is 0 Å². The van der Waals surface area contributed by atoms with Crippen molar-refractivity contribution in [3.8, 4) is 5.75 Å². The molecular weight excluding hydrogens is 396 g/mol. The van der Waals surface area contributed by atoms with Crippen LogP contribution in [0.25, 0.3) is 0 Å². The Morgan fingerprint density at radius 2 is 1.71 bits per heavy atom. The highest BCUT2D eigenvalue weighted by atomic mass is 16.5. The second-order valence-corrected chi connectivity index (χ2v) is 7.63. The normalized spacial score (nSPS) is 13.5. The van der Waals surface area contributed by atoms with Crippen LogP contribution < -0.4 is 21.1 Å². The van der Waals surface area contributed by atoms with Crippen LogP contribution in [-0.2, 0) is 16.2 Å². The van der Waals surface area contributed by atoms with E-state index < -0.39 is 29.3 Å². The quantitative estimate of drug-likeness (QED) is 0.434. The van der Waals surface area contributed by atoms with Crippen molar-refractivity contribution in [2.45, 2.75) is 39.0 Å². The van der Waals surface area contributed by atoms with Crippen LogP contribution in [-0.4, -0.2) is 35.5 Å². The number of benzene rings is 2. The highest BCUT2D eigenvalue weighted by Crippen LogP contribution is 2.20. The largest absolute Gasteiger partial charge is 0.489 e. The van der Waals surface area contributed by atoms with E-state index in [1.165, 1.54) is 0 Å². The molecule has 0 bridgehead atoms. The molecule has 0 fully saturated rings. The van der Waals surface area contributed by atoms with Gasteiger partial charge in [-0.2, -0.15) is 0 Å². The van der Waals surface area contributed by atoms with Gasteiger partial charge >= 0.3 is 0 Å². The molecule has 0 heterocycles. The third-order valence-electron chi connectivity index (χ3n) is 5.12. The second-order valence-electron chi connectivity index (χ2n) is 7.63. The van der Waals surface area contributed by atoms with Crippen molar-refractivity contribution in [1.29, 1.82) is 5.41 Å². The van der Waals surface area contributed by atoms with Crippen LogP contribution in [0.15, 0.2) is 54.6 Å². The summed E-state index contributed by atoms with van der Waals surface area (Å²) in [6.07, 6.45) is 0.747. The Morgan fingerprint density at radius 1 is 1.10 bits per heavy atom. The Labute approximate surface area is 181 Å². The first kappa shape index (κ1) is 23.6. The molecule has 164 valence electrons. The zero-order valence-electron chi connectivity index (χ0n) is 17.8. The van der Waals surface area contributed by atoms with Gasteiger partial charge in [-0.3, -0.25) is 14.4 Å². The van der Waals surface area contributed by atoms with Gasteiger partial charge in [0.2, 0.25) is 11.8 Å². The molecule has 8 heteroatoms. The van der Waals surface area contributed by atoms with Crippen LogP contribution in [0.5, 0.6) is 5.75 Å². The van der Waals surface area contributed by atoms with E-state index in [1.54, 1.807) is 45.0 Å². The summed E-state index contributed by atoms with van der Waals surface area (Å²) in [6, 6.07) is 15.1. The standard InChI is InChI=1S/C23H28N4O4/c1-15(2)23(3,22(30)26-19(13-24)20(25)28)27-21(29)17-9-11-18(12-10-17)31-14-16-7-5-4-6-8-16/h4-13,15,19,24H,14H2,1-3H3,(H2,25,28)(H,26,30)(H,27,29). The van der Waals surface area contributed by atoms with Crippen molar-refractivity contribution < 1.29 is 19.1 Å². The summed E-state index contributed by atoms with van der Waals surface area (Å²) in [5, 5.41) is 12.4. The van der Waals surface area contributed by atoms with Gasteiger partial charge in [-0.1, -0.05) is 44.2 Å². The number of carbonyl (C=O) groups excluding carboxylic acids is 3. The molecule has 0 radical (unpaired) electrons. The van der Waals surface area contributed by atoms with Gasteiger partial charge in [-0.15, -0.1) is 0 Å². The molecule has 0 saturated heterocycles. The highest BCUT2D eigenvalue weighted by Gasteiger charge is 2.39. The third kappa shape index (κ3) is 6.15. The fourth-order valence-electron chi connectivity index (χ4n) is 2.70. The number of carbonyl (C=O) groups is 3. The summed E-state index contributed by atoms with van der Waals surface area (Å²) in [5.74, 6) is -1.60. The minimum atomic E-state index is -1.32. The zero-order chi connectivity index (χ0) is 23.0. The maximum atomic E-state index is 12.8. The van der Waals surface area contributed by atoms with Crippen molar-refractivity contribution in [2.24, 2.45) is 11.7 Å². The fraction of sp³-hybridized carbons (Fsp3) is 0.304. The molecule has 0 saturated carbocycles. The second kappa shape index (κ2) is 10.4. The lowest BCUT2D eigenvalue weighted by Gasteiger charge is -2.34. The highest BCUT2D eigenvalue weighted by molar-refractivity contribution is 6.03. The van der Waals surface area contributed by atoms with E-state index in [0.717, 1.165) is 11.8 Å². The Bertz CT molecular complexity index is 928. The molecule has 0 aromatic heterocycles. The molecule has 31 heavy (non-hydrogen) atoms. The van der Waals surface area contributed by atoms with E-state index in [-0.39, 0.29) is 5.92 Å². The lowest BCUT2D eigenvalue weighted by molar-refractivity contribution is -0.131. The van der Waals surface area contributed by atoms with Gasteiger partial charge in [0.1, 0.15) is 23.9 Å². The number of nitrogens with two attached hydrogens (primary N) is 1. The molecule has 0 spiro atoms. The van der Waals surface area contributed by atoms with Crippen LogP contribution in [0, 0.1) is 11.3 Å². The number of hydrogen-bond donors (Lipinski definition) is 4. The van der Waals surface area contributed by atoms with Gasteiger partial charge < -0.3 is 26.5 Å². The maximum absolute atomic E-state index is 12.8. The minimum absolute atomic E-state index is 0.302. The average molecular weight is 425 g/mol. The van der Waals surface area contributed by atoms with Crippen molar-refractivity contribution in [1.82, 2.24) is 10.6 Å². The number of ether oxygens (including phenoxy) is 1. The predicted molar refractivity (Wildman–Crippen MR) is 118 cm³/mol. The monoisotopic (exact) mass is 424 g/mol. The van der Waals surface area contributed by atoms with Gasteiger partial charge in [0.15, 0.2) is 0 Å². The first-order valence-corrected chi connectivity index (χ1v) is 9.87. The number of nitrogens with one attached hydrogen (secondary N) is 3. The lowest BCUT2D eigenvalue weighted by Crippen LogP contribution is -2.62. The molecule has 0 aliphatic carbocycles. The summed E-state index contributed by atoms with van der Waals surface area (Å²) in [4.78, 5) is 36.9. The molecule has 8 nitrogen and oxygen atoms in total. The third-order valence-corrected chi connectivity index (χ3v) is 5.12. The smallest absolute Gasteiger partial charge is 0.252 e. The molecule has 2 aromatic rings. The van der Waals surface area contributed by atoms with Crippen LogP contribution in [0.3, 0.4) is 0 Å². The first-order valence-electron chi connectivity index (χ1n) is 9.87. The molecule has 2 rings (SSSR count). The Balaban J connectivity index is 2.07. The van der Waals surface area contributed by atoms with E-state index in [1.807, 2.05) is 30.3 Å². The molecule has 5 N–H and O–H groups in total. The number of amides is 3. The predicted octanol–water partition coefficient (Wildman–Crippen LogP) is 2.03. The molecule has 2 atom stereocenters. The minimum Gasteiger partial charge on any atom is -0.489 e. The van der Waals surface area contributed by atoms with Crippen molar-refractivity contribution in [3.63, 3.8) is 0 Å². The molecule has 0 aliphatic heterocycles. The van der Waals surface area contributed by atoms with Crippen LogP contribution in [0.2, 0.25) is 0 Å². The molecular formula is C23H28N4O4. The molecule has 3 amide bonds. The lowest BCUT2D eigenvalue weighted by atomic mass is 9.86.